The molecule has 0 radical (unpaired) electrons. The molecule has 2 N–H and O–H groups in total. The topological polar surface area (TPSA) is 105 Å². The van der Waals surface area contributed by atoms with E-state index in [1.165, 1.54) is 0 Å². The Balaban J connectivity index is 1.67. The van der Waals surface area contributed by atoms with Crippen molar-refractivity contribution in [3.63, 3.8) is 0 Å². The summed E-state index contributed by atoms with van der Waals surface area (Å²) in [7, 11) is 0. The molecule has 1 unspecified atom stereocenters. The highest BCUT2D eigenvalue weighted by Gasteiger charge is 2.11. The molecule has 0 fully saturated rings. The lowest BCUT2D eigenvalue weighted by Gasteiger charge is -2.09. The van der Waals surface area contributed by atoms with Crippen LogP contribution in [-0.2, 0) is 16.0 Å². The number of amides is 1. The van der Waals surface area contributed by atoms with Crippen LogP contribution < -0.4 is 5.32 Å². The molecule has 1 atom stereocenters. The van der Waals surface area contributed by atoms with Crippen LogP contribution in [0.5, 0.6) is 0 Å². The van der Waals surface area contributed by atoms with Crippen LogP contribution in [0.1, 0.15) is 32.1 Å². The minimum atomic E-state index is -0.857. The molecule has 2 rings (SSSR count). The number of thiophene rings is 1. The Morgan fingerprint density at radius 1 is 1.48 bits per heavy atom. The summed E-state index contributed by atoms with van der Waals surface area (Å²) >= 11 is 1.54. The van der Waals surface area contributed by atoms with Gasteiger partial charge in [0.2, 0.25) is 17.6 Å². The predicted octanol–water partition coefficient (Wildman–Crippen LogP) is 2.35. The van der Waals surface area contributed by atoms with E-state index >= 15 is 0 Å². The van der Waals surface area contributed by atoms with Gasteiger partial charge in [-0.25, -0.2) is 0 Å². The van der Waals surface area contributed by atoms with E-state index < -0.39 is 5.97 Å². The lowest BCUT2D eigenvalue weighted by molar-refractivity contribution is -0.138. The number of nitrogens with zero attached hydrogens (tertiary/aromatic N) is 2. The van der Waals surface area contributed by atoms with Crippen LogP contribution in [-0.4, -0.2) is 33.7 Å². The second-order valence-electron chi connectivity index (χ2n) is 5.35. The van der Waals surface area contributed by atoms with Crippen molar-refractivity contribution in [1.29, 1.82) is 0 Å². The Hall–Kier alpha value is -2.22. The number of carbonyl (C=O) groups excluding carboxylic acids is 1. The Morgan fingerprint density at radius 3 is 3.00 bits per heavy atom. The number of hydrogen-bond donors (Lipinski definition) is 2. The lowest BCUT2D eigenvalue weighted by atomic mass is 10.1. The third-order valence-electron chi connectivity index (χ3n) is 3.17. The highest BCUT2D eigenvalue weighted by Crippen LogP contribution is 2.21. The number of nitrogens with one attached hydrogen (secondary N) is 1. The molecule has 2 aromatic heterocycles. The van der Waals surface area contributed by atoms with Crippen molar-refractivity contribution in [2.24, 2.45) is 5.92 Å². The average Bonchev–Trinajstić information content (AvgIpc) is 3.15. The van der Waals surface area contributed by atoms with Crippen molar-refractivity contribution in [1.82, 2.24) is 15.5 Å². The van der Waals surface area contributed by atoms with Crippen molar-refractivity contribution in [2.45, 2.75) is 32.6 Å². The minimum Gasteiger partial charge on any atom is -0.481 e. The third kappa shape index (κ3) is 5.82. The van der Waals surface area contributed by atoms with Gasteiger partial charge in [-0.05, 0) is 23.8 Å². The molecular weight excluding hydrogens is 318 g/mol. The number of carboxylic acid groups (broad SMARTS) is 1. The fourth-order valence-electron chi connectivity index (χ4n) is 2.01. The van der Waals surface area contributed by atoms with Gasteiger partial charge >= 0.3 is 5.97 Å². The van der Waals surface area contributed by atoms with Gasteiger partial charge in [0.05, 0.1) is 4.88 Å². The summed E-state index contributed by atoms with van der Waals surface area (Å²) in [6, 6.07) is 3.84. The fourth-order valence-corrected chi connectivity index (χ4v) is 2.66. The van der Waals surface area contributed by atoms with E-state index in [2.05, 4.69) is 15.5 Å². The molecular formula is C15H19N3O4S. The van der Waals surface area contributed by atoms with Crippen molar-refractivity contribution in [2.75, 3.05) is 6.54 Å². The normalized spacial score (nSPS) is 12.0. The Morgan fingerprint density at radius 2 is 2.30 bits per heavy atom. The van der Waals surface area contributed by atoms with Crippen LogP contribution in [0, 0.1) is 5.92 Å². The lowest BCUT2D eigenvalue weighted by Crippen LogP contribution is -2.29. The van der Waals surface area contributed by atoms with Gasteiger partial charge in [0, 0.05) is 25.8 Å². The first-order chi connectivity index (χ1) is 11.0. The summed E-state index contributed by atoms with van der Waals surface area (Å²) in [6.45, 7) is 2.16. The van der Waals surface area contributed by atoms with Crippen LogP contribution in [0.15, 0.2) is 22.0 Å². The summed E-state index contributed by atoms with van der Waals surface area (Å²) < 4.78 is 5.16. The number of hydrogen-bond acceptors (Lipinski definition) is 6. The van der Waals surface area contributed by atoms with Crippen molar-refractivity contribution in [3.05, 3.63) is 23.4 Å². The minimum absolute atomic E-state index is 0.0494. The molecule has 7 nitrogen and oxygen atoms in total. The molecule has 0 saturated carbocycles. The average molecular weight is 337 g/mol. The zero-order chi connectivity index (χ0) is 16.7. The number of aryl methyl sites for hydroxylation is 1. The molecule has 0 saturated heterocycles. The molecule has 0 bridgehead atoms. The van der Waals surface area contributed by atoms with E-state index in [1.54, 1.807) is 18.3 Å². The number of rotatable bonds is 9. The van der Waals surface area contributed by atoms with E-state index in [-0.39, 0.29) is 18.2 Å². The van der Waals surface area contributed by atoms with Crippen molar-refractivity contribution < 1.29 is 19.2 Å². The molecule has 23 heavy (non-hydrogen) atoms. The fraction of sp³-hybridized carbons (Fsp3) is 0.467. The molecule has 2 aromatic rings. The number of carboxylic acids is 1. The molecule has 2 heterocycles. The van der Waals surface area contributed by atoms with E-state index in [1.807, 2.05) is 17.5 Å². The van der Waals surface area contributed by atoms with E-state index in [0.29, 0.717) is 37.5 Å². The maximum atomic E-state index is 11.7. The third-order valence-corrected chi connectivity index (χ3v) is 4.04. The SMILES string of the molecule is CC(CNC(=O)CCCc1nc(-c2cccs2)no1)CC(=O)O. The monoisotopic (exact) mass is 337 g/mol. The summed E-state index contributed by atoms with van der Waals surface area (Å²) in [4.78, 5) is 27.5. The number of carbonyl (C=O) groups is 2. The number of aliphatic carboxylic acids is 1. The van der Waals surface area contributed by atoms with Crippen LogP contribution >= 0.6 is 11.3 Å². The Kier molecular flexibility index (Phi) is 6.28. The van der Waals surface area contributed by atoms with Gasteiger partial charge in [-0.15, -0.1) is 11.3 Å². The summed E-state index contributed by atoms with van der Waals surface area (Å²) in [5, 5.41) is 17.2. The van der Waals surface area contributed by atoms with E-state index in [4.69, 9.17) is 9.63 Å². The summed E-state index contributed by atoms with van der Waals surface area (Å²) in [5.74, 6) is 0.0491. The van der Waals surface area contributed by atoms with Crippen LogP contribution in [0.3, 0.4) is 0 Å². The van der Waals surface area contributed by atoms with Crippen molar-refractivity contribution >= 4 is 23.2 Å². The maximum absolute atomic E-state index is 11.7. The zero-order valence-electron chi connectivity index (χ0n) is 12.8. The van der Waals surface area contributed by atoms with Gasteiger partial charge in [-0.3, -0.25) is 9.59 Å². The number of aromatic nitrogens is 2. The van der Waals surface area contributed by atoms with Gasteiger partial charge in [-0.2, -0.15) is 4.98 Å². The van der Waals surface area contributed by atoms with Crippen molar-refractivity contribution in [3.8, 4) is 10.7 Å². The highest BCUT2D eigenvalue weighted by molar-refractivity contribution is 7.13. The smallest absolute Gasteiger partial charge is 0.303 e. The molecule has 0 aliphatic heterocycles. The largest absolute Gasteiger partial charge is 0.481 e. The first kappa shape index (κ1) is 17.1. The maximum Gasteiger partial charge on any atom is 0.303 e. The molecule has 124 valence electrons. The van der Waals surface area contributed by atoms with Crippen LogP contribution in [0.4, 0.5) is 0 Å². The van der Waals surface area contributed by atoms with Gasteiger partial charge in [0.25, 0.3) is 0 Å². The quantitative estimate of drug-likeness (QED) is 0.727. The Bertz CT molecular complexity index is 639. The van der Waals surface area contributed by atoms with Gasteiger partial charge in [-0.1, -0.05) is 18.1 Å². The summed E-state index contributed by atoms with van der Waals surface area (Å²) in [5.41, 5.74) is 0. The van der Waals surface area contributed by atoms with Gasteiger partial charge < -0.3 is 14.9 Å². The predicted molar refractivity (Wildman–Crippen MR) is 85.0 cm³/mol. The molecule has 1 amide bonds. The van der Waals surface area contributed by atoms with Crippen LogP contribution in [0.25, 0.3) is 10.7 Å². The van der Waals surface area contributed by atoms with E-state index in [9.17, 15) is 9.59 Å². The second kappa shape index (κ2) is 8.42. The van der Waals surface area contributed by atoms with Crippen LogP contribution in [0.2, 0.25) is 0 Å². The van der Waals surface area contributed by atoms with Gasteiger partial charge in [0.1, 0.15) is 0 Å². The molecule has 0 aromatic carbocycles. The zero-order valence-corrected chi connectivity index (χ0v) is 13.6. The van der Waals surface area contributed by atoms with Gasteiger partial charge in [0.15, 0.2) is 0 Å². The second-order valence-corrected chi connectivity index (χ2v) is 6.30. The first-order valence-corrected chi connectivity index (χ1v) is 8.27. The standard InChI is InChI=1S/C15H19N3O4S/c1-10(8-14(20)21)9-16-12(19)5-2-6-13-17-15(18-22-13)11-4-3-7-23-11/h3-4,7,10H,2,5-6,8-9H2,1H3,(H,16,19)(H,20,21). The van der Waals surface area contributed by atoms with E-state index in [0.717, 1.165) is 4.88 Å². The molecule has 0 spiro atoms. The first-order valence-electron chi connectivity index (χ1n) is 7.39. The molecule has 0 aliphatic rings. The molecule has 0 aliphatic carbocycles. The highest BCUT2D eigenvalue weighted by atomic mass is 32.1. The Labute approximate surface area is 137 Å². The summed E-state index contributed by atoms with van der Waals surface area (Å²) in [6.07, 6.45) is 1.53. The molecule has 8 heteroatoms.